The SMILES string of the molecule is Cc1nc(-c2c(F)cc(Cl)cc2-c2cnc(C(C)NC(=O)[C@@](C)(O)C(F)(F)F)c(F)c2)no1. The number of hydrogen-bond donors (Lipinski definition) is 2. The van der Waals surface area contributed by atoms with Crippen molar-refractivity contribution in [1.29, 1.82) is 0 Å². The van der Waals surface area contributed by atoms with Gasteiger partial charge in [-0.25, -0.2) is 8.78 Å². The van der Waals surface area contributed by atoms with E-state index >= 15 is 0 Å². The first-order valence-electron chi connectivity index (χ1n) is 9.28. The summed E-state index contributed by atoms with van der Waals surface area (Å²) in [5.74, 6) is -3.56. The van der Waals surface area contributed by atoms with E-state index in [1.165, 1.54) is 19.9 Å². The maximum atomic E-state index is 14.8. The molecule has 3 rings (SSSR count). The molecule has 2 heterocycles. The summed E-state index contributed by atoms with van der Waals surface area (Å²) in [5, 5.41) is 15.0. The fraction of sp³-hybridized carbons (Fsp3) is 0.300. The molecule has 33 heavy (non-hydrogen) atoms. The highest BCUT2D eigenvalue weighted by atomic mass is 35.5. The second kappa shape index (κ2) is 8.67. The van der Waals surface area contributed by atoms with Crippen molar-refractivity contribution in [2.45, 2.75) is 38.6 Å². The summed E-state index contributed by atoms with van der Waals surface area (Å²) in [5.41, 5.74) is -4.10. The second-order valence-electron chi connectivity index (χ2n) is 7.30. The molecule has 0 aliphatic carbocycles. The van der Waals surface area contributed by atoms with E-state index in [1.807, 2.05) is 5.32 Å². The maximum Gasteiger partial charge on any atom is 0.426 e. The number of carbonyl (C=O) groups is 1. The van der Waals surface area contributed by atoms with Gasteiger partial charge in [-0.1, -0.05) is 16.8 Å². The number of carbonyl (C=O) groups excluding carboxylic acids is 1. The molecule has 2 atom stereocenters. The van der Waals surface area contributed by atoms with Crippen molar-refractivity contribution in [2.75, 3.05) is 0 Å². The van der Waals surface area contributed by atoms with Crippen molar-refractivity contribution in [2.24, 2.45) is 0 Å². The summed E-state index contributed by atoms with van der Waals surface area (Å²) < 4.78 is 72.9. The zero-order valence-corrected chi connectivity index (χ0v) is 18.0. The Balaban J connectivity index is 1.97. The summed E-state index contributed by atoms with van der Waals surface area (Å²) in [4.78, 5) is 19.7. The molecule has 1 amide bonds. The molecule has 0 bridgehead atoms. The van der Waals surface area contributed by atoms with Crippen LogP contribution < -0.4 is 5.32 Å². The van der Waals surface area contributed by atoms with Gasteiger partial charge in [0.2, 0.25) is 17.3 Å². The van der Waals surface area contributed by atoms with Crippen molar-refractivity contribution >= 4 is 17.5 Å². The molecule has 0 aliphatic heterocycles. The van der Waals surface area contributed by atoms with Crippen molar-refractivity contribution < 1.29 is 36.4 Å². The molecule has 1 aromatic carbocycles. The zero-order chi connectivity index (χ0) is 24.7. The van der Waals surface area contributed by atoms with E-state index in [2.05, 4.69) is 15.1 Å². The number of hydrogen-bond acceptors (Lipinski definition) is 6. The van der Waals surface area contributed by atoms with Crippen LogP contribution in [0.1, 0.15) is 31.5 Å². The normalized spacial score (nSPS) is 14.6. The number of nitrogens with one attached hydrogen (secondary N) is 1. The van der Waals surface area contributed by atoms with Crippen molar-refractivity contribution in [3.8, 4) is 22.5 Å². The number of benzene rings is 1. The minimum atomic E-state index is -5.24. The van der Waals surface area contributed by atoms with E-state index < -0.39 is 41.1 Å². The molecular weight excluding hydrogens is 475 g/mol. The lowest BCUT2D eigenvalue weighted by atomic mass is 9.99. The van der Waals surface area contributed by atoms with Gasteiger partial charge in [0.15, 0.2) is 0 Å². The summed E-state index contributed by atoms with van der Waals surface area (Å²) in [6.07, 6.45) is -4.13. The molecular formula is C20H16ClF5N4O3. The van der Waals surface area contributed by atoms with Gasteiger partial charge in [0.05, 0.1) is 17.3 Å². The third-order valence-corrected chi connectivity index (χ3v) is 4.96. The molecule has 13 heteroatoms. The van der Waals surface area contributed by atoms with Gasteiger partial charge in [-0.05, 0) is 37.6 Å². The fourth-order valence-electron chi connectivity index (χ4n) is 2.88. The minimum Gasteiger partial charge on any atom is -0.373 e. The van der Waals surface area contributed by atoms with E-state index in [-0.39, 0.29) is 40.4 Å². The predicted molar refractivity (Wildman–Crippen MR) is 106 cm³/mol. The molecule has 2 N–H and O–H groups in total. The van der Waals surface area contributed by atoms with E-state index in [1.54, 1.807) is 0 Å². The highest BCUT2D eigenvalue weighted by Gasteiger charge is 2.56. The van der Waals surface area contributed by atoms with E-state index in [9.17, 15) is 31.9 Å². The first kappa shape index (κ1) is 24.5. The third-order valence-electron chi connectivity index (χ3n) is 4.74. The summed E-state index contributed by atoms with van der Waals surface area (Å²) in [7, 11) is 0. The van der Waals surface area contributed by atoms with Gasteiger partial charge in [0, 0.05) is 23.7 Å². The Morgan fingerprint density at radius 1 is 1.21 bits per heavy atom. The van der Waals surface area contributed by atoms with Crippen LogP contribution in [0.25, 0.3) is 22.5 Å². The molecule has 0 saturated heterocycles. The number of aliphatic hydroxyl groups is 1. The van der Waals surface area contributed by atoms with E-state index in [0.29, 0.717) is 0 Å². The highest BCUT2D eigenvalue weighted by molar-refractivity contribution is 6.31. The fourth-order valence-corrected chi connectivity index (χ4v) is 3.08. The smallest absolute Gasteiger partial charge is 0.373 e. The number of pyridine rings is 1. The molecule has 176 valence electrons. The number of nitrogens with zero attached hydrogens (tertiary/aromatic N) is 3. The lowest BCUT2D eigenvalue weighted by Crippen LogP contribution is -2.55. The molecule has 0 aliphatic rings. The molecule has 0 fully saturated rings. The van der Waals surface area contributed by atoms with Crippen molar-refractivity contribution in [1.82, 2.24) is 20.4 Å². The Labute approximate surface area is 188 Å². The molecule has 1 unspecified atom stereocenters. The van der Waals surface area contributed by atoms with Gasteiger partial charge in [0.25, 0.3) is 5.91 Å². The summed E-state index contributed by atoms with van der Waals surface area (Å²) in [6.45, 7) is 2.95. The number of rotatable bonds is 5. The Morgan fingerprint density at radius 2 is 1.88 bits per heavy atom. The largest absolute Gasteiger partial charge is 0.426 e. The lowest BCUT2D eigenvalue weighted by Gasteiger charge is -2.26. The Kier molecular flexibility index (Phi) is 6.44. The Morgan fingerprint density at radius 3 is 2.42 bits per heavy atom. The standard InChI is InChI=1S/C20H16ClF5N4O3/c1-8(28-18(31)19(3,32)20(24,25)26)16-14(23)4-10(7-27-16)12-5-11(21)6-13(22)15(12)17-29-9(2)33-30-17/h4-8,32H,1-3H3,(H,28,31)/t8?,19-/m1/s1. The number of aromatic nitrogens is 3. The molecule has 2 aromatic heterocycles. The topological polar surface area (TPSA) is 101 Å². The van der Waals surface area contributed by atoms with Crippen LogP contribution in [-0.2, 0) is 4.79 Å². The van der Waals surface area contributed by atoms with Crippen LogP contribution in [0.2, 0.25) is 5.02 Å². The third kappa shape index (κ3) is 4.81. The number of amides is 1. The van der Waals surface area contributed by atoms with Gasteiger partial charge in [-0.2, -0.15) is 18.2 Å². The van der Waals surface area contributed by atoms with Crippen molar-refractivity contribution in [3.05, 3.63) is 52.6 Å². The Bertz CT molecular complexity index is 1210. The molecule has 7 nitrogen and oxygen atoms in total. The molecule has 3 aromatic rings. The van der Waals surface area contributed by atoms with Gasteiger partial charge in [-0.3, -0.25) is 9.78 Å². The molecule has 0 radical (unpaired) electrons. The van der Waals surface area contributed by atoms with Crippen LogP contribution in [0.5, 0.6) is 0 Å². The molecule has 0 spiro atoms. The van der Waals surface area contributed by atoms with Crippen LogP contribution in [-0.4, -0.2) is 37.9 Å². The average Bonchev–Trinajstić information content (AvgIpc) is 3.11. The van der Waals surface area contributed by atoms with E-state index in [4.69, 9.17) is 16.1 Å². The van der Waals surface area contributed by atoms with Gasteiger partial charge >= 0.3 is 6.18 Å². The quantitative estimate of drug-likeness (QED) is 0.510. The number of aryl methyl sites for hydroxylation is 1. The highest BCUT2D eigenvalue weighted by Crippen LogP contribution is 2.36. The van der Waals surface area contributed by atoms with Crippen LogP contribution in [0.15, 0.2) is 28.9 Å². The number of alkyl halides is 3. The van der Waals surface area contributed by atoms with Gasteiger partial charge in [0.1, 0.15) is 11.6 Å². The maximum absolute atomic E-state index is 14.8. The van der Waals surface area contributed by atoms with Crippen LogP contribution in [0.4, 0.5) is 22.0 Å². The Hall–Kier alpha value is -3.12. The number of halogens is 6. The van der Waals surface area contributed by atoms with Crippen molar-refractivity contribution in [3.63, 3.8) is 0 Å². The van der Waals surface area contributed by atoms with Gasteiger partial charge in [-0.15, -0.1) is 0 Å². The van der Waals surface area contributed by atoms with Crippen LogP contribution in [0, 0.1) is 18.6 Å². The molecule has 0 saturated carbocycles. The predicted octanol–water partition coefficient (Wildman–Crippen LogP) is 4.53. The first-order valence-corrected chi connectivity index (χ1v) is 9.65. The first-order chi connectivity index (χ1) is 15.2. The van der Waals surface area contributed by atoms with Gasteiger partial charge < -0.3 is 14.9 Å². The van der Waals surface area contributed by atoms with E-state index in [0.717, 1.165) is 18.3 Å². The second-order valence-corrected chi connectivity index (χ2v) is 7.74. The summed E-state index contributed by atoms with van der Waals surface area (Å²) >= 11 is 5.94. The van der Waals surface area contributed by atoms with Crippen LogP contribution >= 0.6 is 11.6 Å². The monoisotopic (exact) mass is 490 g/mol. The lowest BCUT2D eigenvalue weighted by molar-refractivity contribution is -0.245. The zero-order valence-electron chi connectivity index (χ0n) is 17.3. The average molecular weight is 491 g/mol. The van der Waals surface area contributed by atoms with Crippen LogP contribution in [0.3, 0.4) is 0 Å². The minimum absolute atomic E-state index is 0.00837. The summed E-state index contributed by atoms with van der Waals surface area (Å²) in [6, 6.07) is 1.94.